The molecule has 13 heavy (non-hydrogen) atoms. The van der Waals surface area contributed by atoms with Gasteiger partial charge in [-0.25, -0.2) is 0 Å². The lowest BCUT2D eigenvalue weighted by atomic mass is 10.1. The summed E-state index contributed by atoms with van der Waals surface area (Å²) < 4.78 is 7.41. The summed E-state index contributed by atoms with van der Waals surface area (Å²) in [5.74, 6) is 0. The molecule has 0 aromatic carbocycles. The van der Waals surface area contributed by atoms with Gasteiger partial charge < -0.3 is 4.74 Å². The first-order valence-electron chi connectivity index (χ1n) is 4.27. The molecule has 70 valence electrons. The highest BCUT2D eigenvalue weighted by Crippen LogP contribution is 2.21. The summed E-state index contributed by atoms with van der Waals surface area (Å²) in [6.45, 7) is 5.26. The molecule has 0 fully saturated rings. The van der Waals surface area contributed by atoms with Crippen molar-refractivity contribution in [3.63, 3.8) is 0 Å². The van der Waals surface area contributed by atoms with Gasteiger partial charge in [0.1, 0.15) is 5.69 Å². The summed E-state index contributed by atoms with van der Waals surface area (Å²) in [6.07, 6.45) is 0.762. The number of carbonyl (C=O) groups is 1. The quantitative estimate of drug-likeness (QED) is 0.606. The number of hydrogen-bond donors (Lipinski definition) is 0. The van der Waals surface area contributed by atoms with E-state index in [1.54, 1.807) is 6.07 Å². The summed E-state index contributed by atoms with van der Waals surface area (Å²) >= 11 is 0. The largest absolute Gasteiger partial charge is 0.367 e. The maximum atomic E-state index is 10.5. The van der Waals surface area contributed by atoms with Crippen LogP contribution in [0.25, 0.3) is 0 Å². The fraction of sp³-hybridized carbons (Fsp3) is 0.556. The molecule has 2 rings (SSSR count). The zero-order valence-corrected chi connectivity index (χ0v) is 7.78. The molecule has 0 spiro atoms. The number of fused-ring (bicyclic) bond motifs is 1. The van der Waals surface area contributed by atoms with Crippen molar-refractivity contribution < 1.29 is 9.53 Å². The van der Waals surface area contributed by atoms with Crippen LogP contribution in [0.2, 0.25) is 0 Å². The highest BCUT2D eigenvalue weighted by Gasteiger charge is 2.26. The van der Waals surface area contributed by atoms with E-state index in [1.165, 1.54) is 0 Å². The van der Waals surface area contributed by atoms with Gasteiger partial charge in [0.15, 0.2) is 6.29 Å². The Morgan fingerprint density at radius 2 is 2.46 bits per heavy atom. The third-order valence-electron chi connectivity index (χ3n) is 2.14. The second kappa shape index (κ2) is 2.67. The average Bonchev–Trinajstić information content (AvgIpc) is 2.44. The van der Waals surface area contributed by atoms with Gasteiger partial charge in [-0.2, -0.15) is 5.10 Å². The van der Waals surface area contributed by atoms with Gasteiger partial charge in [-0.3, -0.25) is 9.48 Å². The van der Waals surface area contributed by atoms with Crippen LogP contribution in [0.5, 0.6) is 0 Å². The minimum Gasteiger partial charge on any atom is -0.367 e. The normalized spacial score (nSPS) is 19.5. The molecule has 0 bridgehead atoms. The van der Waals surface area contributed by atoms with Gasteiger partial charge in [-0.15, -0.1) is 0 Å². The van der Waals surface area contributed by atoms with Crippen LogP contribution >= 0.6 is 0 Å². The predicted molar refractivity (Wildman–Crippen MR) is 46.5 cm³/mol. The number of carbonyl (C=O) groups excluding carboxylic acids is 1. The van der Waals surface area contributed by atoms with Gasteiger partial charge in [0.2, 0.25) is 0 Å². The summed E-state index contributed by atoms with van der Waals surface area (Å²) in [6, 6.07) is 1.77. The van der Waals surface area contributed by atoms with E-state index in [4.69, 9.17) is 4.74 Å². The molecule has 1 aliphatic heterocycles. The summed E-state index contributed by atoms with van der Waals surface area (Å²) in [7, 11) is 0. The van der Waals surface area contributed by atoms with Crippen LogP contribution < -0.4 is 0 Å². The predicted octanol–water partition coefficient (Wildman–Crippen LogP) is 1.00. The maximum Gasteiger partial charge on any atom is 0.170 e. The monoisotopic (exact) mass is 180 g/mol. The maximum absolute atomic E-state index is 10.5. The molecule has 0 N–H and O–H groups in total. The van der Waals surface area contributed by atoms with Crippen molar-refractivity contribution in [3.05, 3.63) is 17.5 Å². The molecule has 4 nitrogen and oxygen atoms in total. The highest BCUT2D eigenvalue weighted by molar-refractivity contribution is 5.71. The number of nitrogens with zero attached hydrogens (tertiary/aromatic N) is 2. The number of rotatable bonds is 1. The second-order valence-electron chi connectivity index (χ2n) is 3.88. The first-order valence-corrected chi connectivity index (χ1v) is 4.27. The molecule has 2 heterocycles. The van der Waals surface area contributed by atoms with Gasteiger partial charge in [0.25, 0.3) is 0 Å². The fourth-order valence-corrected chi connectivity index (χ4v) is 1.46. The Morgan fingerprint density at radius 3 is 3.15 bits per heavy atom. The number of ether oxygens (including phenoxy) is 1. The van der Waals surface area contributed by atoms with Crippen LogP contribution in [-0.4, -0.2) is 21.7 Å². The average molecular weight is 180 g/mol. The van der Waals surface area contributed by atoms with Crippen LogP contribution in [0.4, 0.5) is 0 Å². The first kappa shape index (κ1) is 8.44. The van der Waals surface area contributed by atoms with Crippen LogP contribution in [0.15, 0.2) is 6.07 Å². The zero-order valence-electron chi connectivity index (χ0n) is 7.78. The Labute approximate surface area is 76.5 Å². The highest BCUT2D eigenvalue weighted by atomic mass is 16.5. The van der Waals surface area contributed by atoms with Gasteiger partial charge in [0.05, 0.1) is 24.4 Å². The smallest absolute Gasteiger partial charge is 0.170 e. The van der Waals surface area contributed by atoms with Crippen LogP contribution in [0.1, 0.15) is 30.0 Å². The lowest BCUT2D eigenvalue weighted by molar-refractivity contribution is -0.0660. The van der Waals surface area contributed by atoms with Crippen molar-refractivity contribution in [2.45, 2.75) is 32.6 Å². The lowest BCUT2D eigenvalue weighted by Gasteiger charge is -2.30. The lowest BCUT2D eigenvalue weighted by Crippen LogP contribution is -2.36. The Morgan fingerprint density at radius 1 is 1.69 bits per heavy atom. The standard InChI is InChI=1S/C9H12N2O2/c1-9(2)6-11-8(5-13-9)3-7(4-12)10-11/h3-4H,5-6H2,1-2H3. The Kier molecular flexibility index (Phi) is 1.73. The second-order valence-corrected chi connectivity index (χ2v) is 3.88. The van der Waals surface area contributed by atoms with Gasteiger partial charge in [-0.05, 0) is 19.9 Å². The molecule has 0 aliphatic carbocycles. The van der Waals surface area contributed by atoms with Crippen molar-refractivity contribution in [2.75, 3.05) is 0 Å². The van der Waals surface area contributed by atoms with Crippen LogP contribution in [0, 0.1) is 0 Å². The molecular weight excluding hydrogens is 168 g/mol. The zero-order chi connectivity index (χ0) is 9.47. The molecule has 1 aromatic heterocycles. The first-order chi connectivity index (χ1) is 6.11. The topological polar surface area (TPSA) is 44.1 Å². The van der Waals surface area contributed by atoms with E-state index in [0.29, 0.717) is 18.8 Å². The molecule has 1 aliphatic rings. The van der Waals surface area contributed by atoms with Gasteiger partial charge in [-0.1, -0.05) is 0 Å². The molecule has 0 unspecified atom stereocenters. The minimum absolute atomic E-state index is 0.181. The molecular formula is C9H12N2O2. The number of aldehydes is 1. The fourth-order valence-electron chi connectivity index (χ4n) is 1.46. The Hall–Kier alpha value is -1.16. The van der Waals surface area contributed by atoms with E-state index >= 15 is 0 Å². The van der Waals surface area contributed by atoms with E-state index < -0.39 is 0 Å². The summed E-state index contributed by atoms with van der Waals surface area (Å²) in [4.78, 5) is 10.5. The van der Waals surface area contributed by atoms with Crippen molar-refractivity contribution in [2.24, 2.45) is 0 Å². The summed E-state index contributed by atoms with van der Waals surface area (Å²) in [5, 5.41) is 4.13. The van der Waals surface area contributed by atoms with Crippen molar-refractivity contribution in [1.29, 1.82) is 0 Å². The van der Waals surface area contributed by atoms with E-state index in [9.17, 15) is 4.79 Å². The third kappa shape index (κ3) is 1.49. The van der Waals surface area contributed by atoms with E-state index in [0.717, 1.165) is 12.0 Å². The van der Waals surface area contributed by atoms with E-state index in [2.05, 4.69) is 5.10 Å². The van der Waals surface area contributed by atoms with Gasteiger partial charge >= 0.3 is 0 Å². The van der Waals surface area contributed by atoms with E-state index in [1.807, 2.05) is 18.5 Å². The third-order valence-corrected chi connectivity index (χ3v) is 2.14. The SMILES string of the molecule is CC1(C)Cn2nc(C=O)cc2CO1. The van der Waals surface area contributed by atoms with Crippen LogP contribution in [0.3, 0.4) is 0 Å². The van der Waals surface area contributed by atoms with Gasteiger partial charge in [0, 0.05) is 0 Å². The number of aromatic nitrogens is 2. The molecule has 1 aromatic rings. The van der Waals surface area contributed by atoms with Crippen LogP contribution in [-0.2, 0) is 17.9 Å². The Balaban J connectivity index is 2.35. The molecule has 0 atom stereocenters. The van der Waals surface area contributed by atoms with Crippen molar-refractivity contribution >= 4 is 6.29 Å². The summed E-state index contributed by atoms with van der Waals surface area (Å²) in [5.41, 5.74) is 1.27. The minimum atomic E-state index is -0.181. The van der Waals surface area contributed by atoms with Crippen molar-refractivity contribution in [3.8, 4) is 0 Å². The van der Waals surface area contributed by atoms with E-state index in [-0.39, 0.29) is 5.60 Å². The molecule has 0 saturated heterocycles. The molecule has 0 saturated carbocycles. The van der Waals surface area contributed by atoms with Crippen molar-refractivity contribution in [1.82, 2.24) is 9.78 Å². The molecule has 0 amide bonds. The Bertz CT molecular complexity index is 341. The molecule has 4 heteroatoms. The molecule has 0 radical (unpaired) electrons. The number of hydrogen-bond acceptors (Lipinski definition) is 3.